The molecule has 0 unspecified atom stereocenters. The van der Waals surface area contributed by atoms with Crippen LogP contribution in [0.5, 0.6) is 11.5 Å². The van der Waals surface area contributed by atoms with E-state index < -0.39 is 0 Å². The molecule has 1 saturated heterocycles. The molecule has 0 N–H and O–H groups in total. The molecule has 1 aliphatic heterocycles. The molecule has 0 amide bonds. The lowest BCUT2D eigenvalue weighted by Gasteiger charge is -2.24. The summed E-state index contributed by atoms with van der Waals surface area (Å²) in [7, 11) is 1.63. The maximum absolute atomic E-state index is 5.55. The maximum atomic E-state index is 5.55. The van der Waals surface area contributed by atoms with Gasteiger partial charge in [0.05, 0.1) is 26.9 Å². The van der Waals surface area contributed by atoms with Crippen molar-refractivity contribution in [3.63, 3.8) is 0 Å². The molecule has 1 fully saturated rings. The second-order valence-electron chi connectivity index (χ2n) is 3.77. The van der Waals surface area contributed by atoms with Gasteiger partial charge >= 0.3 is 0 Å². The average Bonchev–Trinajstić information content (AvgIpc) is 2.40. The van der Waals surface area contributed by atoms with Crippen LogP contribution in [-0.4, -0.2) is 26.9 Å². The van der Waals surface area contributed by atoms with Crippen LogP contribution in [0, 0.1) is 0 Å². The number of benzene rings is 1. The third-order valence-electron chi connectivity index (χ3n) is 2.59. The Kier molecular flexibility index (Phi) is 4.23. The van der Waals surface area contributed by atoms with Crippen LogP contribution < -0.4 is 9.47 Å². The standard InChI is InChI=1S/C13H18O4/c1-3-15-12-9-10(5-6-11(12)14-2)13-16-7-4-8-17-13/h5-6,9,13H,3-4,7-8H2,1-2H3. The Balaban J connectivity index is 2.19. The van der Waals surface area contributed by atoms with Gasteiger partial charge < -0.3 is 18.9 Å². The van der Waals surface area contributed by atoms with Crippen LogP contribution in [0.2, 0.25) is 0 Å². The highest BCUT2D eigenvalue weighted by atomic mass is 16.7. The summed E-state index contributed by atoms with van der Waals surface area (Å²) >= 11 is 0. The molecule has 2 rings (SSSR count). The fraction of sp³-hybridized carbons (Fsp3) is 0.538. The quantitative estimate of drug-likeness (QED) is 0.807. The molecule has 4 heteroatoms. The number of methoxy groups -OCH3 is 1. The fourth-order valence-electron chi connectivity index (χ4n) is 1.79. The fourth-order valence-corrected chi connectivity index (χ4v) is 1.79. The zero-order chi connectivity index (χ0) is 12.1. The minimum absolute atomic E-state index is 0.283. The summed E-state index contributed by atoms with van der Waals surface area (Å²) < 4.78 is 21.9. The summed E-state index contributed by atoms with van der Waals surface area (Å²) in [5, 5.41) is 0. The van der Waals surface area contributed by atoms with Gasteiger partial charge in [-0.1, -0.05) is 6.07 Å². The van der Waals surface area contributed by atoms with E-state index >= 15 is 0 Å². The highest BCUT2D eigenvalue weighted by Gasteiger charge is 2.18. The molecular formula is C13H18O4. The molecule has 0 radical (unpaired) electrons. The van der Waals surface area contributed by atoms with Crippen molar-refractivity contribution >= 4 is 0 Å². The van der Waals surface area contributed by atoms with Crippen LogP contribution in [-0.2, 0) is 9.47 Å². The Morgan fingerprint density at radius 3 is 2.65 bits per heavy atom. The Morgan fingerprint density at radius 1 is 1.24 bits per heavy atom. The summed E-state index contributed by atoms with van der Waals surface area (Å²) in [6.45, 7) is 4.02. The first-order valence-corrected chi connectivity index (χ1v) is 5.89. The van der Waals surface area contributed by atoms with Crippen LogP contribution in [0.15, 0.2) is 18.2 Å². The predicted molar refractivity (Wildman–Crippen MR) is 63.4 cm³/mol. The van der Waals surface area contributed by atoms with Crippen molar-refractivity contribution in [1.82, 2.24) is 0 Å². The minimum Gasteiger partial charge on any atom is -0.493 e. The van der Waals surface area contributed by atoms with E-state index in [0.29, 0.717) is 6.61 Å². The summed E-state index contributed by atoms with van der Waals surface area (Å²) in [6, 6.07) is 5.73. The number of rotatable bonds is 4. The first kappa shape index (κ1) is 12.2. The molecule has 0 atom stereocenters. The topological polar surface area (TPSA) is 36.9 Å². The van der Waals surface area contributed by atoms with E-state index in [1.54, 1.807) is 7.11 Å². The van der Waals surface area contributed by atoms with Crippen molar-refractivity contribution in [3.05, 3.63) is 23.8 Å². The molecule has 17 heavy (non-hydrogen) atoms. The number of ether oxygens (including phenoxy) is 4. The lowest BCUT2D eigenvalue weighted by molar-refractivity contribution is -0.183. The summed E-state index contributed by atoms with van der Waals surface area (Å²) in [6.07, 6.45) is 0.666. The SMILES string of the molecule is CCOc1cc(C2OCCCO2)ccc1OC. The molecular weight excluding hydrogens is 220 g/mol. The monoisotopic (exact) mass is 238 g/mol. The van der Waals surface area contributed by atoms with Gasteiger partial charge in [-0.25, -0.2) is 0 Å². The molecule has 0 saturated carbocycles. The van der Waals surface area contributed by atoms with E-state index in [1.165, 1.54) is 0 Å². The second-order valence-corrected chi connectivity index (χ2v) is 3.77. The Morgan fingerprint density at radius 2 is 2.00 bits per heavy atom. The predicted octanol–water partition coefficient (Wildman–Crippen LogP) is 2.53. The molecule has 94 valence electrons. The summed E-state index contributed by atoms with van der Waals surface area (Å²) in [5.41, 5.74) is 0.967. The van der Waals surface area contributed by atoms with Gasteiger partial charge in [-0.3, -0.25) is 0 Å². The summed E-state index contributed by atoms with van der Waals surface area (Å²) in [5.74, 6) is 1.46. The van der Waals surface area contributed by atoms with Crippen molar-refractivity contribution < 1.29 is 18.9 Å². The van der Waals surface area contributed by atoms with Gasteiger partial charge in [-0.15, -0.1) is 0 Å². The molecule has 0 aromatic heterocycles. The molecule has 4 nitrogen and oxygen atoms in total. The van der Waals surface area contributed by atoms with E-state index in [1.807, 2.05) is 25.1 Å². The van der Waals surface area contributed by atoms with Crippen LogP contribution in [0.4, 0.5) is 0 Å². The Labute approximate surface area is 101 Å². The van der Waals surface area contributed by atoms with Crippen molar-refractivity contribution in [2.75, 3.05) is 26.9 Å². The zero-order valence-electron chi connectivity index (χ0n) is 10.3. The lowest BCUT2D eigenvalue weighted by atomic mass is 10.2. The lowest BCUT2D eigenvalue weighted by Crippen LogP contribution is -2.17. The van der Waals surface area contributed by atoms with Crippen molar-refractivity contribution in [2.24, 2.45) is 0 Å². The molecule has 0 bridgehead atoms. The molecule has 1 aromatic rings. The van der Waals surface area contributed by atoms with Gasteiger partial charge in [-0.2, -0.15) is 0 Å². The Hall–Kier alpha value is -1.26. The van der Waals surface area contributed by atoms with Crippen molar-refractivity contribution in [2.45, 2.75) is 19.6 Å². The largest absolute Gasteiger partial charge is 0.493 e. The second kappa shape index (κ2) is 5.89. The van der Waals surface area contributed by atoms with Crippen molar-refractivity contribution in [3.8, 4) is 11.5 Å². The van der Waals surface area contributed by atoms with E-state index in [9.17, 15) is 0 Å². The van der Waals surface area contributed by atoms with E-state index in [4.69, 9.17) is 18.9 Å². The van der Waals surface area contributed by atoms with Crippen molar-refractivity contribution in [1.29, 1.82) is 0 Å². The highest BCUT2D eigenvalue weighted by Crippen LogP contribution is 2.32. The third-order valence-corrected chi connectivity index (χ3v) is 2.59. The highest BCUT2D eigenvalue weighted by molar-refractivity contribution is 5.43. The summed E-state index contributed by atoms with van der Waals surface area (Å²) in [4.78, 5) is 0. The average molecular weight is 238 g/mol. The molecule has 1 heterocycles. The van der Waals surface area contributed by atoms with Gasteiger partial charge in [-0.05, 0) is 25.5 Å². The normalized spacial score (nSPS) is 16.8. The van der Waals surface area contributed by atoms with Crippen LogP contribution in [0.3, 0.4) is 0 Å². The Bertz CT molecular complexity index is 358. The van der Waals surface area contributed by atoms with Crippen LogP contribution in [0.25, 0.3) is 0 Å². The molecule has 1 aromatic carbocycles. The first-order chi connectivity index (χ1) is 8.35. The van der Waals surface area contributed by atoms with E-state index in [2.05, 4.69) is 0 Å². The molecule has 0 aliphatic carbocycles. The van der Waals surface area contributed by atoms with E-state index in [0.717, 1.165) is 36.7 Å². The van der Waals surface area contributed by atoms with Crippen LogP contribution >= 0.6 is 0 Å². The van der Waals surface area contributed by atoms with Gasteiger partial charge in [0.1, 0.15) is 0 Å². The number of hydrogen-bond acceptors (Lipinski definition) is 4. The maximum Gasteiger partial charge on any atom is 0.183 e. The number of hydrogen-bond donors (Lipinski definition) is 0. The third kappa shape index (κ3) is 2.90. The smallest absolute Gasteiger partial charge is 0.183 e. The first-order valence-electron chi connectivity index (χ1n) is 5.89. The van der Waals surface area contributed by atoms with Gasteiger partial charge in [0.2, 0.25) is 0 Å². The van der Waals surface area contributed by atoms with E-state index in [-0.39, 0.29) is 6.29 Å². The zero-order valence-corrected chi connectivity index (χ0v) is 10.3. The molecule has 0 spiro atoms. The van der Waals surface area contributed by atoms with Gasteiger partial charge in [0.15, 0.2) is 17.8 Å². The minimum atomic E-state index is -0.283. The molecule has 1 aliphatic rings. The van der Waals surface area contributed by atoms with Gasteiger partial charge in [0, 0.05) is 5.56 Å². The van der Waals surface area contributed by atoms with Gasteiger partial charge in [0.25, 0.3) is 0 Å². The van der Waals surface area contributed by atoms with Crippen LogP contribution in [0.1, 0.15) is 25.2 Å².